The molecule has 2 fully saturated rings. The molecule has 2 amide bonds. The topological polar surface area (TPSA) is 67.9 Å². The number of likely N-dealkylation sites (tertiary alicyclic amines) is 1. The Balaban J connectivity index is 1.68. The van der Waals surface area contributed by atoms with E-state index in [-0.39, 0.29) is 17.9 Å². The molecule has 0 radical (unpaired) electrons. The quantitative estimate of drug-likeness (QED) is 0.802. The minimum absolute atomic E-state index is 0.0233. The summed E-state index contributed by atoms with van der Waals surface area (Å²) in [6.07, 6.45) is 6.91. The van der Waals surface area contributed by atoms with Gasteiger partial charge in [0, 0.05) is 24.7 Å². The summed E-state index contributed by atoms with van der Waals surface area (Å²) in [6, 6.07) is 5.39. The SMILES string of the molecule is COc1cc(C=CC(=O)N2CCCC2C(=O)NC2CC2)cc(OC)c1. The van der Waals surface area contributed by atoms with Crippen molar-refractivity contribution in [2.45, 2.75) is 37.8 Å². The highest BCUT2D eigenvalue weighted by molar-refractivity contribution is 5.96. The normalized spacial score (nSPS) is 19.9. The molecule has 1 saturated carbocycles. The average Bonchev–Trinajstić information content (AvgIpc) is 3.30. The molecule has 1 unspecified atom stereocenters. The van der Waals surface area contributed by atoms with E-state index in [1.165, 1.54) is 6.08 Å². The standard InChI is InChI=1S/C19H24N2O4/c1-24-15-10-13(11-16(12-15)25-2)5-8-18(22)21-9-3-4-17(21)19(23)20-14-6-7-14/h5,8,10-12,14,17H,3-4,6-7,9H2,1-2H3,(H,20,23). The Bertz CT molecular complexity index is 660. The second-order valence-electron chi connectivity index (χ2n) is 6.45. The van der Waals surface area contributed by atoms with E-state index in [1.807, 2.05) is 12.1 Å². The molecule has 1 heterocycles. The summed E-state index contributed by atoms with van der Waals surface area (Å²) < 4.78 is 10.5. The monoisotopic (exact) mass is 344 g/mol. The van der Waals surface area contributed by atoms with Gasteiger partial charge in [0.1, 0.15) is 17.5 Å². The molecule has 3 rings (SSSR count). The molecule has 1 aromatic rings. The van der Waals surface area contributed by atoms with E-state index >= 15 is 0 Å². The first-order chi connectivity index (χ1) is 12.1. The van der Waals surface area contributed by atoms with E-state index in [2.05, 4.69) is 5.32 Å². The van der Waals surface area contributed by atoms with Crippen LogP contribution in [0.5, 0.6) is 11.5 Å². The third-order valence-electron chi connectivity index (χ3n) is 4.55. The third-order valence-corrected chi connectivity index (χ3v) is 4.55. The molecule has 6 nitrogen and oxygen atoms in total. The smallest absolute Gasteiger partial charge is 0.247 e. The van der Waals surface area contributed by atoms with E-state index in [1.54, 1.807) is 31.3 Å². The lowest BCUT2D eigenvalue weighted by atomic mass is 10.1. The van der Waals surface area contributed by atoms with E-state index < -0.39 is 0 Å². The number of carbonyl (C=O) groups is 2. The van der Waals surface area contributed by atoms with Gasteiger partial charge in [-0.1, -0.05) is 0 Å². The molecule has 1 N–H and O–H groups in total. The third kappa shape index (κ3) is 4.32. The molecule has 0 bridgehead atoms. The van der Waals surface area contributed by atoms with Crippen molar-refractivity contribution in [2.75, 3.05) is 20.8 Å². The highest BCUT2D eigenvalue weighted by Crippen LogP contribution is 2.25. The number of ether oxygens (including phenoxy) is 2. The van der Waals surface area contributed by atoms with Crippen LogP contribution in [0.4, 0.5) is 0 Å². The minimum atomic E-state index is -0.349. The molecular weight excluding hydrogens is 320 g/mol. The molecule has 2 aliphatic rings. The molecule has 1 saturated heterocycles. The fraction of sp³-hybridized carbons (Fsp3) is 0.474. The van der Waals surface area contributed by atoms with Crippen molar-refractivity contribution in [3.8, 4) is 11.5 Å². The van der Waals surface area contributed by atoms with Crippen molar-refractivity contribution in [2.24, 2.45) is 0 Å². The second-order valence-corrected chi connectivity index (χ2v) is 6.45. The number of amides is 2. The molecule has 1 atom stereocenters. The number of carbonyl (C=O) groups excluding carboxylic acids is 2. The Morgan fingerprint density at radius 2 is 1.80 bits per heavy atom. The number of nitrogens with zero attached hydrogens (tertiary/aromatic N) is 1. The molecule has 1 aliphatic carbocycles. The molecule has 0 spiro atoms. The van der Waals surface area contributed by atoms with E-state index in [9.17, 15) is 9.59 Å². The van der Waals surface area contributed by atoms with Crippen LogP contribution in [0.2, 0.25) is 0 Å². The van der Waals surface area contributed by atoms with Crippen molar-refractivity contribution in [3.63, 3.8) is 0 Å². The summed E-state index contributed by atoms with van der Waals surface area (Å²) in [4.78, 5) is 26.5. The Morgan fingerprint density at radius 3 is 2.40 bits per heavy atom. The van der Waals surface area contributed by atoms with Crippen molar-refractivity contribution in [3.05, 3.63) is 29.8 Å². The van der Waals surface area contributed by atoms with Crippen molar-refractivity contribution >= 4 is 17.9 Å². The van der Waals surface area contributed by atoms with Crippen molar-refractivity contribution in [1.82, 2.24) is 10.2 Å². The van der Waals surface area contributed by atoms with Gasteiger partial charge in [-0.05, 0) is 49.5 Å². The molecule has 134 valence electrons. The Labute approximate surface area is 147 Å². The maximum atomic E-state index is 12.5. The summed E-state index contributed by atoms with van der Waals surface area (Å²) in [5, 5.41) is 2.99. The van der Waals surface area contributed by atoms with Gasteiger partial charge in [0.2, 0.25) is 11.8 Å². The fourth-order valence-corrected chi connectivity index (χ4v) is 3.02. The first-order valence-corrected chi connectivity index (χ1v) is 8.63. The number of benzene rings is 1. The maximum Gasteiger partial charge on any atom is 0.247 e. The molecular formula is C19H24N2O4. The number of hydrogen-bond acceptors (Lipinski definition) is 4. The maximum absolute atomic E-state index is 12.5. The number of nitrogens with one attached hydrogen (secondary N) is 1. The lowest BCUT2D eigenvalue weighted by Gasteiger charge is -2.22. The predicted molar refractivity (Wildman–Crippen MR) is 94.5 cm³/mol. The van der Waals surface area contributed by atoms with Crippen molar-refractivity contribution < 1.29 is 19.1 Å². The van der Waals surface area contributed by atoms with Crippen molar-refractivity contribution in [1.29, 1.82) is 0 Å². The van der Waals surface area contributed by atoms with Crippen LogP contribution in [0.1, 0.15) is 31.2 Å². The first kappa shape index (κ1) is 17.3. The van der Waals surface area contributed by atoms with Gasteiger partial charge in [-0.3, -0.25) is 9.59 Å². The Kier molecular flexibility index (Phi) is 5.26. The number of hydrogen-bond donors (Lipinski definition) is 1. The summed E-state index contributed by atoms with van der Waals surface area (Å²) in [5.41, 5.74) is 0.808. The van der Waals surface area contributed by atoms with Gasteiger partial charge in [-0.25, -0.2) is 0 Å². The molecule has 6 heteroatoms. The Hall–Kier alpha value is -2.50. The van der Waals surface area contributed by atoms with Crippen LogP contribution in [0, 0.1) is 0 Å². The molecule has 1 aliphatic heterocycles. The zero-order chi connectivity index (χ0) is 17.8. The van der Waals surface area contributed by atoms with E-state index in [0.29, 0.717) is 24.1 Å². The van der Waals surface area contributed by atoms with Gasteiger partial charge in [-0.15, -0.1) is 0 Å². The summed E-state index contributed by atoms with van der Waals surface area (Å²) in [6.45, 7) is 0.618. The van der Waals surface area contributed by atoms with Crippen LogP contribution in [0.3, 0.4) is 0 Å². The number of methoxy groups -OCH3 is 2. The van der Waals surface area contributed by atoms with Crippen LogP contribution in [0.25, 0.3) is 6.08 Å². The van der Waals surface area contributed by atoms with Gasteiger partial charge >= 0.3 is 0 Å². The highest BCUT2D eigenvalue weighted by atomic mass is 16.5. The van der Waals surface area contributed by atoms with Gasteiger partial charge in [0.25, 0.3) is 0 Å². The highest BCUT2D eigenvalue weighted by Gasteiger charge is 2.35. The lowest BCUT2D eigenvalue weighted by Crippen LogP contribution is -2.46. The average molecular weight is 344 g/mol. The van der Waals surface area contributed by atoms with Crippen LogP contribution in [-0.4, -0.2) is 49.6 Å². The van der Waals surface area contributed by atoms with Crippen LogP contribution >= 0.6 is 0 Å². The summed E-state index contributed by atoms with van der Waals surface area (Å²) >= 11 is 0. The zero-order valence-electron chi connectivity index (χ0n) is 14.7. The van der Waals surface area contributed by atoms with Crippen LogP contribution in [-0.2, 0) is 9.59 Å². The minimum Gasteiger partial charge on any atom is -0.497 e. The van der Waals surface area contributed by atoms with Gasteiger partial charge in [-0.2, -0.15) is 0 Å². The first-order valence-electron chi connectivity index (χ1n) is 8.63. The fourth-order valence-electron chi connectivity index (χ4n) is 3.02. The van der Waals surface area contributed by atoms with Crippen LogP contribution in [0.15, 0.2) is 24.3 Å². The lowest BCUT2D eigenvalue weighted by molar-refractivity contribution is -0.135. The Morgan fingerprint density at radius 1 is 1.12 bits per heavy atom. The van der Waals surface area contributed by atoms with Crippen LogP contribution < -0.4 is 14.8 Å². The zero-order valence-corrected chi connectivity index (χ0v) is 14.7. The molecule has 0 aromatic heterocycles. The molecule has 25 heavy (non-hydrogen) atoms. The van der Waals surface area contributed by atoms with Gasteiger partial charge < -0.3 is 19.7 Å². The summed E-state index contributed by atoms with van der Waals surface area (Å²) in [7, 11) is 3.17. The van der Waals surface area contributed by atoms with E-state index in [0.717, 1.165) is 31.2 Å². The molecule has 1 aromatic carbocycles. The second kappa shape index (κ2) is 7.59. The predicted octanol–water partition coefficient (Wildman–Crippen LogP) is 1.99. The number of rotatable bonds is 6. The summed E-state index contributed by atoms with van der Waals surface area (Å²) in [5.74, 6) is 1.16. The van der Waals surface area contributed by atoms with Gasteiger partial charge in [0.05, 0.1) is 14.2 Å². The van der Waals surface area contributed by atoms with E-state index in [4.69, 9.17) is 9.47 Å². The largest absolute Gasteiger partial charge is 0.497 e. The van der Waals surface area contributed by atoms with Gasteiger partial charge in [0.15, 0.2) is 0 Å².